The Balaban J connectivity index is 2.04. The molecule has 0 saturated carbocycles. The van der Waals surface area contributed by atoms with Crippen LogP contribution in [0.1, 0.15) is 18.9 Å². The second-order valence-electron chi connectivity index (χ2n) is 3.67. The summed E-state index contributed by atoms with van der Waals surface area (Å²) in [4.78, 5) is 4.59. The number of rotatable bonds is 4. The summed E-state index contributed by atoms with van der Waals surface area (Å²) in [6.45, 7) is 5.16. The molecule has 0 aromatic carbocycles. The van der Waals surface area contributed by atoms with Crippen molar-refractivity contribution < 1.29 is 0 Å². The molecular weight excluding hydrogens is 224 g/mol. The summed E-state index contributed by atoms with van der Waals surface area (Å²) in [7, 11) is 0. The van der Waals surface area contributed by atoms with E-state index in [4.69, 9.17) is 0 Å². The van der Waals surface area contributed by atoms with E-state index in [1.807, 2.05) is 0 Å². The molecule has 1 N–H and O–H groups in total. The zero-order valence-corrected chi connectivity index (χ0v) is 10.5. The van der Waals surface area contributed by atoms with Crippen LogP contribution in [0.3, 0.4) is 0 Å². The van der Waals surface area contributed by atoms with E-state index in [1.54, 1.807) is 22.7 Å². The fraction of sp³-hybridized carbons (Fsp3) is 0.364. The number of thiazole rings is 1. The van der Waals surface area contributed by atoms with Gasteiger partial charge in [0.1, 0.15) is 5.01 Å². The van der Waals surface area contributed by atoms with Gasteiger partial charge in [-0.05, 0) is 11.4 Å². The first-order valence-corrected chi connectivity index (χ1v) is 6.78. The predicted molar refractivity (Wildman–Crippen MR) is 67.4 cm³/mol. The summed E-state index contributed by atoms with van der Waals surface area (Å²) in [5.41, 5.74) is 2.33. The zero-order valence-electron chi connectivity index (χ0n) is 8.86. The maximum Gasteiger partial charge on any atom is 0.107 e. The van der Waals surface area contributed by atoms with E-state index in [0.29, 0.717) is 6.04 Å². The Labute approximate surface area is 98.0 Å². The van der Waals surface area contributed by atoms with E-state index in [9.17, 15) is 0 Å². The number of thiophene rings is 1. The van der Waals surface area contributed by atoms with Gasteiger partial charge >= 0.3 is 0 Å². The second-order valence-corrected chi connectivity index (χ2v) is 5.40. The minimum atomic E-state index is 0.512. The van der Waals surface area contributed by atoms with E-state index in [1.165, 1.54) is 5.56 Å². The molecule has 0 fully saturated rings. The Bertz CT molecular complexity index is 404. The van der Waals surface area contributed by atoms with Gasteiger partial charge in [0.25, 0.3) is 0 Å². The van der Waals surface area contributed by atoms with Crippen molar-refractivity contribution in [3.8, 4) is 11.3 Å². The van der Waals surface area contributed by atoms with E-state index < -0.39 is 0 Å². The third kappa shape index (κ3) is 2.87. The lowest BCUT2D eigenvalue weighted by Crippen LogP contribution is -2.21. The number of nitrogens with one attached hydrogen (secondary N) is 1. The standard InChI is InChI=1S/C11H14N2S2/c1-8(2)12-5-11-13-10(7-15-11)9-3-4-14-6-9/h3-4,6-8,12H,5H2,1-2H3. The normalized spacial score (nSPS) is 11.1. The summed E-state index contributed by atoms with van der Waals surface area (Å²) in [5.74, 6) is 0. The van der Waals surface area contributed by atoms with E-state index in [2.05, 4.69) is 46.4 Å². The van der Waals surface area contributed by atoms with Gasteiger partial charge in [-0.1, -0.05) is 13.8 Å². The first kappa shape index (κ1) is 10.8. The van der Waals surface area contributed by atoms with E-state index in [-0.39, 0.29) is 0 Å². The van der Waals surface area contributed by atoms with Crippen LogP contribution in [0.2, 0.25) is 0 Å². The molecule has 2 aromatic rings. The van der Waals surface area contributed by atoms with Gasteiger partial charge in [-0.2, -0.15) is 11.3 Å². The number of nitrogens with zero attached hydrogens (tertiary/aromatic N) is 1. The summed E-state index contributed by atoms with van der Waals surface area (Å²) in [5, 5.41) is 10.9. The highest BCUT2D eigenvalue weighted by molar-refractivity contribution is 7.10. The minimum Gasteiger partial charge on any atom is -0.308 e. The van der Waals surface area contributed by atoms with E-state index in [0.717, 1.165) is 17.2 Å². The molecule has 0 atom stereocenters. The molecule has 2 aromatic heterocycles. The summed E-state index contributed by atoms with van der Waals surface area (Å²) < 4.78 is 0. The van der Waals surface area contributed by atoms with Gasteiger partial charge in [-0.3, -0.25) is 0 Å². The first-order chi connectivity index (χ1) is 7.25. The molecule has 0 saturated heterocycles. The van der Waals surface area contributed by atoms with Gasteiger partial charge in [0.2, 0.25) is 0 Å². The first-order valence-electron chi connectivity index (χ1n) is 4.96. The smallest absolute Gasteiger partial charge is 0.107 e. The zero-order chi connectivity index (χ0) is 10.7. The molecule has 2 nitrogen and oxygen atoms in total. The minimum absolute atomic E-state index is 0.512. The molecule has 15 heavy (non-hydrogen) atoms. The third-order valence-corrected chi connectivity index (χ3v) is 3.56. The van der Waals surface area contributed by atoms with Crippen LogP contribution in [0.15, 0.2) is 22.2 Å². The van der Waals surface area contributed by atoms with Crippen molar-refractivity contribution in [1.82, 2.24) is 10.3 Å². The molecule has 4 heteroatoms. The predicted octanol–water partition coefficient (Wildman–Crippen LogP) is 3.37. The van der Waals surface area contributed by atoms with Gasteiger partial charge in [0.05, 0.1) is 5.69 Å². The SMILES string of the molecule is CC(C)NCc1nc(-c2ccsc2)cs1. The Morgan fingerprint density at radius 1 is 1.40 bits per heavy atom. The molecule has 0 aliphatic carbocycles. The molecule has 0 aliphatic heterocycles. The van der Waals surface area contributed by atoms with Crippen LogP contribution < -0.4 is 5.32 Å². The van der Waals surface area contributed by atoms with Crippen LogP contribution in [0.25, 0.3) is 11.3 Å². The van der Waals surface area contributed by atoms with Crippen LogP contribution >= 0.6 is 22.7 Å². The average Bonchev–Trinajstić information content (AvgIpc) is 2.85. The van der Waals surface area contributed by atoms with Crippen molar-refractivity contribution in [3.63, 3.8) is 0 Å². The maximum absolute atomic E-state index is 4.59. The lowest BCUT2D eigenvalue weighted by atomic mass is 10.3. The highest BCUT2D eigenvalue weighted by Gasteiger charge is 2.04. The van der Waals surface area contributed by atoms with Crippen LogP contribution in [-0.2, 0) is 6.54 Å². The van der Waals surface area contributed by atoms with Gasteiger partial charge in [0.15, 0.2) is 0 Å². The molecule has 0 radical (unpaired) electrons. The molecule has 2 rings (SSSR count). The maximum atomic E-state index is 4.59. The third-order valence-electron chi connectivity index (χ3n) is 2.03. The van der Waals surface area contributed by atoms with E-state index >= 15 is 0 Å². The molecule has 0 amide bonds. The molecule has 80 valence electrons. The molecule has 2 heterocycles. The fourth-order valence-electron chi connectivity index (χ4n) is 1.23. The van der Waals surface area contributed by atoms with Crippen molar-refractivity contribution in [2.45, 2.75) is 26.4 Å². The Morgan fingerprint density at radius 2 is 2.27 bits per heavy atom. The number of hydrogen-bond acceptors (Lipinski definition) is 4. The fourth-order valence-corrected chi connectivity index (χ4v) is 2.63. The Morgan fingerprint density at radius 3 is 2.93 bits per heavy atom. The highest BCUT2D eigenvalue weighted by atomic mass is 32.1. The summed E-state index contributed by atoms with van der Waals surface area (Å²) >= 11 is 3.43. The van der Waals surface area contributed by atoms with Crippen molar-refractivity contribution in [1.29, 1.82) is 0 Å². The second kappa shape index (κ2) is 4.88. The van der Waals surface area contributed by atoms with Crippen molar-refractivity contribution in [3.05, 3.63) is 27.2 Å². The highest BCUT2D eigenvalue weighted by Crippen LogP contribution is 2.23. The van der Waals surface area contributed by atoms with Gasteiger partial charge < -0.3 is 5.32 Å². The average molecular weight is 238 g/mol. The summed E-state index contributed by atoms with van der Waals surface area (Å²) in [6, 6.07) is 2.62. The van der Waals surface area contributed by atoms with Crippen molar-refractivity contribution in [2.24, 2.45) is 0 Å². The van der Waals surface area contributed by atoms with Crippen molar-refractivity contribution >= 4 is 22.7 Å². The van der Waals surface area contributed by atoms with Crippen LogP contribution in [0.4, 0.5) is 0 Å². The van der Waals surface area contributed by atoms with Crippen LogP contribution in [-0.4, -0.2) is 11.0 Å². The summed E-state index contributed by atoms with van der Waals surface area (Å²) in [6.07, 6.45) is 0. The Hall–Kier alpha value is -0.710. The molecule has 0 unspecified atom stereocenters. The van der Waals surface area contributed by atoms with Crippen LogP contribution in [0.5, 0.6) is 0 Å². The number of aromatic nitrogens is 1. The molecule has 0 spiro atoms. The van der Waals surface area contributed by atoms with Gasteiger partial charge in [0, 0.05) is 28.9 Å². The quantitative estimate of drug-likeness (QED) is 0.883. The van der Waals surface area contributed by atoms with Gasteiger partial charge in [-0.15, -0.1) is 11.3 Å². The topological polar surface area (TPSA) is 24.9 Å². The van der Waals surface area contributed by atoms with Gasteiger partial charge in [-0.25, -0.2) is 4.98 Å². The molecule has 0 bridgehead atoms. The largest absolute Gasteiger partial charge is 0.308 e. The monoisotopic (exact) mass is 238 g/mol. The lowest BCUT2D eigenvalue weighted by molar-refractivity contribution is 0.587. The van der Waals surface area contributed by atoms with Crippen LogP contribution in [0, 0.1) is 0 Å². The Kier molecular flexibility index (Phi) is 3.51. The number of hydrogen-bond donors (Lipinski definition) is 1. The molecule has 0 aliphatic rings. The lowest BCUT2D eigenvalue weighted by Gasteiger charge is -2.04. The molecular formula is C11H14N2S2. The van der Waals surface area contributed by atoms with Crippen molar-refractivity contribution in [2.75, 3.05) is 0 Å².